The van der Waals surface area contributed by atoms with Crippen LogP contribution in [0.15, 0.2) is 36.5 Å². The van der Waals surface area contributed by atoms with Crippen LogP contribution in [-0.4, -0.2) is 46.3 Å². The van der Waals surface area contributed by atoms with Gasteiger partial charge in [-0.25, -0.2) is 0 Å². The normalized spacial score (nSPS) is 31.6. The molecule has 0 saturated carbocycles. The van der Waals surface area contributed by atoms with Crippen molar-refractivity contribution in [2.75, 3.05) is 13.1 Å². The van der Waals surface area contributed by atoms with Crippen LogP contribution in [0.4, 0.5) is 0 Å². The van der Waals surface area contributed by atoms with E-state index in [1.807, 2.05) is 35.2 Å². The third kappa shape index (κ3) is 2.03. The fourth-order valence-corrected chi connectivity index (χ4v) is 4.52. The van der Waals surface area contributed by atoms with E-state index in [0.717, 1.165) is 29.9 Å². The molecule has 5 rings (SSSR count). The average Bonchev–Trinajstić information content (AvgIpc) is 3.36. The van der Waals surface area contributed by atoms with Crippen LogP contribution in [0, 0.1) is 11.8 Å². The van der Waals surface area contributed by atoms with E-state index >= 15 is 0 Å². The van der Waals surface area contributed by atoms with Crippen molar-refractivity contribution >= 4 is 5.91 Å². The lowest BCUT2D eigenvalue weighted by atomic mass is 9.82. The molecule has 118 valence electrons. The van der Waals surface area contributed by atoms with E-state index in [0.29, 0.717) is 24.0 Å². The molecule has 0 aliphatic carbocycles. The standard InChI is InChI=1S/C18H19N3O2/c22-18(12-3-1-11(2-4-12)15-7-8-19-20-15)21-9-13-14(10-21)17-6-5-16(13)23-17/h1-4,7-8,13-14,16-17H,5-6,9-10H2,(H,19,20)/t13-,14+,16+,17-. The monoisotopic (exact) mass is 309 g/mol. The lowest BCUT2D eigenvalue weighted by Crippen LogP contribution is -2.31. The highest BCUT2D eigenvalue weighted by Crippen LogP contribution is 2.47. The zero-order chi connectivity index (χ0) is 15.4. The zero-order valence-corrected chi connectivity index (χ0v) is 12.8. The molecule has 0 radical (unpaired) electrons. The summed E-state index contributed by atoms with van der Waals surface area (Å²) in [5.41, 5.74) is 2.78. The summed E-state index contributed by atoms with van der Waals surface area (Å²) >= 11 is 0. The Morgan fingerprint density at radius 3 is 2.39 bits per heavy atom. The van der Waals surface area contributed by atoms with E-state index in [-0.39, 0.29) is 5.91 Å². The number of aromatic amines is 1. The minimum absolute atomic E-state index is 0.148. The summed E-state index contributed by atoms with van der Waals surface area (Å²) in [4.78, 5) is 14.8. The van der Waals surface area contributed by atoms with Crippen LogP contribution in [-0.2, 0) is 4.74 Å². The molecule has 3 fully saturated rings. The number of carbonyl (C=O) groups excluding carboxylic acids is 1. The molecule has 23 heavy (non-hydrogen) atoms. The van der Waals surface area contributed by atoms with Gasteiger partial charge >= 0.3 is 0 Å². The number of hydrogen-bond acceptors (Lipinski definition) is 3. The van der Waals surface area contributed by atoms with E-state index in [4.69, 9.17) is 4.74 Å². The van der Waals surface area contributed by atoms with Crippen molar-refractivity contribution < 1.29 is 9.53 Å². The highest BCUT2D eigenvalue weighted by molar-refractivity contribution is 5.94. The summed E-state index contributed by atoms with van der Waals surface area (Å²) in [5, 5.41) is 6.90. The maximum atomic E-state index is 12.8. The number of ether oxygens (including phenoxy) is 1. The summed E-state index contributed by atoms with van der Waals surface area (Å²) in [5.74, 6) is 1.26. The van der Waals surface area contributed by atoms with E-state index < -0.39 is 0 Å². The molecule has 5 heteroatoms. The Morgan fingerprint density at radius 1 is 1.09 bits per heavy atom. The van der Waals surface area contributed by atoms with Crippen molar-refractivity contribution in [2.24, 2.45) is 11.8 Å². The maximum absolute atomic E-state index is 12.8. The number of amides is 1. The fraction of sp³-hybridized carbons (Fsp3) is 0.444. The number of nitrogens with one attached hydrogen (secondary N) is 1. The number of rotatable bonds is 2. The van der Waals surface area contributed by atoms with Crippen molar-refractivity contribution in [1.29, 1.82) is 0 Å². The Kier molecular flexibility index (Phi) is 2.85. The second kappa shape index (κ2) is 4.93. The molecule has 1 amide bonds. The second-order valence-electron chi connectivity index (χ2n) is 6.88. The Balaban J connectivity index is 1.33. The van der Waals surface area contributed by atoms with Crippen molar-refractivity contribution in [2.45, 2.75) is 25.0 Å². The Bertz CT molecular complexity index is 707. The van der Waals surface area contributed by atoms with Gasteiger partial charge in [-0.2, -0.15) is 5.10 Å². The number of benzene rings is 1. The summed E-state index contributed by atoms with van der Waals surface area (Å²) in [6, 6.07) is 9.71. The first kappa shape index (κ1) is 13.3. The number of aromatic nitrogens is 2. The van der Waals surface area contributed by atoms with Gasteiger partial charge in [0.2, 0.25) is 0 Å². The number of hydrogen-bond donors (Lipinski definition) is 1. The quantitative estimate of drug-likeness (QED) is 0.926. The molecule has 1 N–H and O–H groups in total. The van der Waals surface area contributed by atoms with Crippen LogP contribution in [0.25, 0.3) is 11.3 Å². The molecular weight excluding hydrogens is 290 g/mol. The van der Waals surface area contributed by atoms with Crippen LogP contribution in [0.2, 0.25) is 0 Å². The second-order valence-corrected chi connectivity index (χ2v) is 6.88. The molecule has 3 aliphatic rings. The van der Waals surface area contributed by atoms with Crippen molar-refractivity contribution in [3.05, 3.63) is 42.1 Å². The van der Waals surface area contributed by atoms with Crippen molar-refractivity contribution in [1.82, 2.24) is 15.1 Å². The van der Waals surface area contributed by atoms with Crippen LogP contribution >= 0.6 is 0 Å². The molecule has 2 aromatic rings. The predicted molar refractivity (Wildman–Crippen MR) is 84.8 cm³/mol. The minimum Gasteiger partial charge on any atom is -0.374 e. The van der Waals surface area contributed by atoms with Crippen LogP contribution in [0.3, 0.4) is 0 Å². The van der Waals surface area contributed by atoms with Crippen molar-refractivity contribution in [3.8, 4) is 11.3 Å². The molecular formula is C18H19N3O2. The van der Waals surface area contributed by atoms with Gasteiger partial charge in [-0.3, -0.25) is 9.89 Å². The molecule has 3 saturated heterocycles. The summed E-state index contributed by atoms with van der Waals surface area (Å²) in [6.45, 7) is 1.71. The Morgan fingerprint density at radius 2 is 1.78 bits per heavy atom. The zero-order valence-electron chi connectivity index (χ0n) is 12.8. The molecule has 0 unspecified atom stereocenters. The highest BCUT2D eigenvalue weighted by atomic mass is 16.5. The van der Waals surface area contributed by atoms with Gasteiger partial charge < -0.3 is 9.64 Å². The number of H-pyrrole nitrogens is 1. The van der Waals surface area contributed by atoms with Gasteiger partial charge in [-0.05, 0) is 36.6 Å². The molecule has 5 nitrogen and oxygen atoms in total. The largest absolute Gasteiger partial charge is 0.374 e. The lowest BCUT2D eigenvalue weighted by molar-refractivity contribution is 0.0594. The lowest BCUT2D eigenvalue weighted by Gasteiger charge is -2.19. The summed E-state index contributed by atoms with van der Waals surface area (Å²) < 4.78 is 5.98. The first-order valence-corrected chi connectivity index (χ1v) is 8.34. The maximum Gasteiger partial charge on any atom is 0.253 e. The van der Waals surface area contributed by atoms with Gasteiger partial charge in [0.1, 0.15) is 0 Å². The predicted octanol–water partition coefficient (Wildman–Crippen LogP) is 2.33. The molecule has 3 aliphatic heterocycles. The van der Waals surface area contributed by atoms with E-state index in [2.05, 4.69) is 10.2 Å². The Hall–Kier alpha value is -2.14. The Labute approximate surface area is 134 Å². The number of nitrogens with zero attached hydrogens (tertiary/aromatic N) is 2. The summed E-state index contributed by atoms with van der Waals surface area (Å²) in [6.07, 6.45) is 4.86. The number of likely N-dealkylation sites (tertiary alicyclic amines) is 1. The number of carbonyl (C=O) groups is 1. The van der Waals surface area contributed by atoms with E-state index in [9.17, 15) is 4.79 Å². The molecule has 0 spiro atoms. The van der Waals surface area contributed by atoms with Gasteiger partial charge in [-0.1, -0.05) is 12.1 Å². The smallest absolute Gasteiger partial charge is 0.253 e. The third-order valence-electron chi connectivity index (χ3n) is 5.68. The fourth-order valence-electron chi connectivity index (χ4n) is 4.52. The first-order valence-electron chi connectivity index (χ1n) is 8.34. The van der Waals surface area contributed by atoms with E-state index in [1.54, 1.807) is 6.20 Å². The molecule has 1 aromatic carbocycles. The number of fused-ring (bicyclic) bond motifs is 5. The minimum atomic E-state index is 0.148. The average molecular weight is 309 g/mol. The molecule has 4 atom stereocenters. The van der Waals surface area contributed by atoms with Gasteiger partial charge in [0, 0.05) is 36.7 Å². The highest BCUT2D eigenvalue weighted by Gasteiger charge is 2.53. The summed E-state index contributed by atoms with van der Waals surface area (Å²) in [7, 11) is 0. The third-order valence-corrected chi connectivity index (χ3v) is 5.68. The van der Waals surface area contributed by atoms with E-state index in [1.165, 1.54) is 12.8 Å². The SMILES string of the molecule is O=C(c1ccc(-c2ccn[nH]2)cc1)N1C[C@@H]2[C@H](C1)[C@H]1CC[C@@H]2O1. The molecule has 2 bridgehead atoms. The van der Waals surface area contributed by atoms with Crippen LogP contribution in [0.5, 0.6) is 0 Å². The topological polar surface area (TPSA) is 58.2 Å². The van der Waals surface area contributed by atoms with Gasteiger partial charge in [-0.15, -0.1) is 0 Å². The van der Waals surface area contributed by atoms with Gasteiger partial charge in [0.15, 0.2) is 0 Å². The van der Waals surface area contributed by atoms with Crippen LogP contribution < -0.4 is 0 Å². The van der Waals surface area contributed by atoms with Gasteiger partial charge in [0.05, 0.1) is 17.9 Å². The van der Waals surface area contributed by atoms with Crippen LogP contribution in [0.1, 0.15) is 23.2 Å². The first-order chi connectivity index (χ1) is 11.3. The van der Waals surface area contributed by atoms with Gasteiger partial charge in [0.25, 0.3) is 5.91 Å². The molecule has 4 heterocycles. The molecule has 1 aromatic heterocycles. The van der Waals surface area contributed by atoms with Crippen molar-refractivity contribution in [3.63, 3.8) is 0 Å².